The number of esters is 2. The van der Waals surface area contributed by atoms with Crippen molar-refractivity contribution in [3.05, 3.63) is 48.0 Å². The van der Waals surface area contributed by atoms with Gasteiger partial charge in [-0.2, -0.15) is 0 Å². The van der Waals surface area contributed by atoms with Gasteiger partial charge in [-0.15, -0.1) is 6.58 Å². The fourth-order valence-corrected chi connectivity index (χ4v) is 2.83. The molecule has 0 saturated carbocycles. The van der Waals surface area contributed by atoms with E-state index in [1.807, 2.05) is 0 Å². The van der Waals surface area contributed by atoms with Gasteiger partial charge in [0.15, 0.2) is 5.41 Å². The molecule has 0 aliphatic carbocycles. The van der Waals surface area contributed by atoms with Gasteiger partial charge in [0.2, 0.25) is 0 Å². The Morgan fingerprint density at radius 2 is 1.67 bits per heavy atom. The lowest BCUT2D eigenvalue weighted by atomic mass is 9.77. The van der Waals surface area contributed by atoms with Crippen molar-refractivity contribution in [2.45, 2.75) is 39.5 Å². The van der Waals surface area contributed by atoms with Crippen LogP contribution in [0.2, 0.25) is 0 Å². The first-order chi connectivity index (χ1) is 12.9. The van der Waals surface area contributed by atoms with Crippen LogP contribution in [-0.4, -0.2) is 37.2 Å². The van der Waals surface area contributed by atoms with Crippen LogP contribution in [0.1, 0.15) is 49.0 Å². The zero-order valence-corrected chi connectivity index (χ0v) is 15.9. The standard InChI is InChI=1S/C21H26O6/c1-4-7-12-21(19(24)26-5-2,20(25)27-6-3)14-18(23)13-16-10-8-9-11-17(16)15-22/h4,8-11,15H,1,5-7,12-14H2,2-3H3. The Balaban J connectivity index is 3.17. The SMILES string of the molecule is C=CCCC(CC(=O)Cc1ccccc1C=O)(C(=O)OCC)C(=O)OCC. The van der Waals surface area contributed by atoms with E-state index in [1.165, 1.54) is 0 Å². The van der Waals surface area contributed by atoms with E-state index in [1.54, 1.807) is 44.2 Å². The van der Waals surface area contributed by atoms with Gasteiger partial charge in [0.25, 0.3) is 0 Å². The van der Waals surface area contributed by atoms with E-state index >= 15 is 0 Å². The summed E-state index contributed by atoms with van der Waals surface area (Å²) in [7, 11) is 0. The van der Waals surface area contributed by atoms with Crippen molar-refractivity contribution in [1.29, 1.82) is 0 Å². The second-order valence-electron chi connectivity index (χ2n) is 6.06. The summed E-state index contributed by atoms with van der Waals surface area (Å²) in [6.45, 7) is 7.03. The van der Waals surface area contributed by atoms with Crippen molar-refractivity contribution >= 4 is 24.0 Å². The molecule has 0 fully saturated rings. The predicted octanol–water partition coefficient (Wildman–Crippen LogP) is 3.08. The van der Waals surface area contributed by atoms with Crippen LogP contribution in [0.25, 0.3) is 0 Å². The second kappa shape index (κ2) is 11.1. The number of hydrogen-bond donors (Lipinski definition) is 0. The van der Waals surface area contributed by atoms with E-state index in [0.29, 0.717) is 23.8 Å². The van der Waals surface area contributed by atoms with E-state index in [0.717, 1.165) is 0 Å². The molecule has 0 radical (unpaired) electrons. The van der Waals surface area contributed by atoms with E-state index in [-0.39, 0.29) is 38.3 Å². The lowest BCUT2D eigenvalue weighted by Crippen LogP contribution is -2.44. The molecule has 27 heavy (non-hydrogen) atoms. The number of carbonyl (C=O) groups is 4. The smallest absolute Gasteiger partial charge is 0.323 e. The van der Waals surface area contributed by atoms with Crippen molar-refractivity contribution in [3.8, 4) is 0 Å². The molecule has 0 atom stereocenters. The van der Waals surface area contributed by atoms with Gasteiger partial charge >= 0.3 is 11.9 Å². The molecule has 0 spiro atoms. The average molecular weight is 374 g/mol. The minimum Gasteiger partial charge on any atom is -0.465 e. The summed E-state index contributed by atoms with van der Waals surface area (Å²) in [4.78, 5) is 49.1. The molecule has 6 nitrogen and oxygen atoms in total. The molecule has 0 heterocycles. The number of hydrogen-bond acceptors (Lipinski definition) is 6. The van der Waals surface area contributed by atoms with E-state index in [9.17, 15) is 19.2 Å². The van der Waals surface area contributed by atoms with E-state index in [4.69, 9.17) is 9.47 Å². The van der Waals surface area contributed by atoms with Gasteiger partial charge in [-0.25, -0.2) is 0 Å². The van der Waals surface area contributed by atoms with Gasteiger partial charge in [0.1, 0.15) is 12.1 Å². The summed E-state index contributed by atoms with van der Waals surface area (Å²) >= 11 is 0. The molecule has 146 valence electrons. The van der Waals surface area contributed by atoms with Gasteiger partial charge < -0.3 is 9.47 Å². The molecular weight excluding hydrogens is 348 g/mol. The molecule has 0 unspecified atom stereocenters. The molecule has 6 heteroatoms. The maximum absolute atomic E-state index is 12.7. The quantitative estimate of drug-likeness (QED) is 0.242. The molecule has 0 N–H and O–H groups in total. The van der Waals surface area contributed by atoms with Crippen molar-refractivity contribution in [1.82, 2.24) is 0 Å². The molecule has 0 saturated heterocycles. The Morgan fingerprint density at radius 1 is 1.07 bits per heavy atom. The highest BCUT2D eigenvalue weighted by Gasteiger charge is 2.49. The topological polar surface area (TPSA) is 86.7 Å². The monoisotopic (exact) mass is 374 g/mol. The highest BCUT2D eigenvalue weighted by Crippen LogP contribution is 2.33. The van der Waals surface area contributed by atoms with Crippen molar-refractivity contribution in [3.63, 3.8) is 0 Å². The van der Waals surface area contributed by atoms with Crippen molar-refractivity contribution in [2.75, 3.05) is 13.2 Å². The number of ketones is 1. The third kappa shape index (κ3) is 5.88. The summed E-state index contributed by atoms with van der Waals surface area (Å²) in [5.41, 5.74) is -0.773. The highest BCUT2D eigenvalue weighted by molar-refractivity contribution is 6.04. The minimum absolute atomic E-state index is 0.0647. The van der Waals surface area contributed by atoms with Crippen LogP contribution in [0.5, 0.6) is 0 Å². The van der Waals surface area contributed by atoms with Crippen LogP contribution in [0.3, 0.4) is 0 Å². The Labute approximate surface area is 159 Å². The molecule has 1 rings (SSSR count). The predicted molar refractivity (Wildman–Crippen MR) is 100 cm³/mol. The molecule has 1 aromatic carbocycles. The Kier molecular flexibility index (Phi) is 9.13. The Hall–Kier alpha value is -2.76. The normalized spacial score (nSPS) is 10.7. The van der Waals surface area contributed by atoms with Gasteiger partial charge in [0.05, 0.1) is 13.2 Å². The van der Waals surface area contributed by atoms with Crippen LogP contribution < -0.4 is 0 Å². The van der Waals surface area contributed by atoms with Gasteiger partial charge in [0, 0.05) is 18.4 Å². The molecule has 0 aliphatic heterocycles. The second-order valence-corrected chi connectivity index (χ2v) is 6.06. The van der Waals surface area contributed by atoms with Gasteiger partial charge in [-0.05, 0) is 32.3 Å². The summed E-state index contributed by atoms with van der Waals surface area (Å²) in [5, 5.41) is 0. The summed E-state index contributed by atoms with van der Waals surface area (Å²) < 4.78 is 10.2. The van der Waals surface area contributed by atoms with E-state index in [2.05, 4.69) is 6.58 Å². The highest BCUT2D eigenvalue weighted by atomic mass is 16.6. The number of allylic oxidation sites excluding steroid dienone is 1. The molecular formula is C21H26O6. The van der Waals surface area contributed by atoms with Crippen LogP contribution >= 0.6 is 0 Å². The first-order valence-electron chi connectivity index (χ1n) is 8.95. The third-order valence-electron chi connectivity index (χ3n) is 4.18. The summed E-state index contributed by atoms with van der Waals surface area (Å²) in [6.07, 6.45) is 2.23. The molecule has 0 aliphatic rings. The minimum atomic E-state index is -1.71. The lowest BCUT2D eigenvalue weighted by Gasteiger charge is -2.28. The van der Waals surface area contributed by atoms with Crippen LogP contribution in [0.4, 0.5) is 0 Å². The van der Waals surface area contributed by atoms with Gasteiger partial charge in [-0.3, -0.25) is 19.2 Å². The number of rotatable bonds is 12. The van der Waals surface area contributed by atoms with E-state index < -0.39 is 17.4 Å². The lowest BCUT2D eigenvalue weighted by molar-refractivity contribution is -0.174. The Bertz CT molecular complexity index is 674. The molecule has 0 amide bonds. The van der Waals surface area contributed by atoms with Crippen molar-refractivity contribution < 1.29 is 28.7 Å². The number of benzene rings is 1. The number of ether oxygens (including phenoxy) is 2. The van der Waals surface area contributed by atoms with Crippen LogP contribution in [0, 0.1) is 5.41 Å². The largest absolute Gasteiger partial charge is 0.465 e. The molecule has 0 bridgehead atoms. The van der Waals surface area contributed by atoms with Crippen LogP contribution in [0.15, 0.2) is 36.9 Å². The summed E-state index contributed by atoms with van der Waals surface area (Å²) in [6, 6.07) is 6.69. The molecule has 0 aromatic heterocycles. The number of aldehydes is 1. The zero-order valence-electron chi connectivity index (χ0n) is 15.9. The zero-order chi connectivity index (χ0) is 20.3. The number of Topliss-reactive ketones (excluding diaryl/α,β-unsaturated/α-hetero) is 1. The average Bonchev–Trinajstić information content (AvgIpc) is 2.65. The summed E-state index contributed by atoms with van der Waals surface area (Å²) in [5.74, 6) is -1.90. The Morgan fingerprint density at radius 3 is 2.19 bits per heavy atom. The fourth-order valence-electron chi connectivity index (χ4n) is 2.83. The first-order valence-corrected chi connectivity index (χ1v) is 8.95. The van der Waals surface area contributed by atoms with Crippen LogP contribution in [-0.2, 0) is 30.3 Å². The third-order valence-corrected chi connectivity index (χ3v) is 4.18. The maximum atomic E-state index is 12.7. The number of carbonyl (C=O) groups excluding carboxylic acids is 4. The first kappa shape index (κ1) is 22.3. The molecule has 1 aromatic rings. The van der Waals surface area contributed by atoms with Crippen molar-refractivity contribution in [2.24, 2.45) is 5.41 Å². The van der Waals surface area contributed by atoms with Gasteiger partial charge in [-0.1, -0.05) is 30.3 Å². The fraction of sp³-hybridized carbons (Fsp3) is 0.429. The maximum Gasteiger partial charge on any atom is 0.323 e.